The second-order valence-electron chi connectivity index (χ2n) is 5.48. The highest BCUT2D eigenvalue weighted by atomic mass is 16.5. The van der Waals surface area contributed by atoms with Gasteiger partial charge in [-0.3, -0.25) is 9.69 Å². The Morgan fingerprint density at radius 2 is 2.19 bits per heavy atom. The van der Waals surface area contributed by atoms with Crippen LogP contribution in [-0.2, 0) is 9.53 Å². The zero-order valence-electron chi connectivity index (χ0n) is 12.8. The summed E-state index contributed by atoms with van der Waals surface area (Å²) in [6, 6.07) is 7.11. The normalized spacial score (nSPS) is 18.4. The average molecular weight is 291 g/mol. The van der Waals surface area contributed by atoms with Gasteiger partial charge in [0.1, 0.15) is 0 Å². The summed E-state index contributed by atoms with van der Waals surface area (Å²) < 4.78 is 5.64. The molecule has 0 radical (unpaired) electrons. The van der Waals surface area contributed by atoms with Gasteiger partial charge in [0, 0.05) is 31.1 Å². The number of nitrogens with one attached hydrogen (secondary N) is 1. The van der Waals surface area contributed by atoms with E-state index in [1.54, 1.807) is 12.1 Å². The van der Waals surface area contributed by atoms with E-state index in [2.05, 4.69) is 10.2 Å². The van der Waals surface area contributed by atoms with Crippen molar-refractivity contribution in [3.05, 3.63) is 24.3 Å². The van der Waals surface area contributed by atoms with E-state index in [1.165, 1.54) is 0 Å². The molecule has 1 aromatic rings. The van der Waals surface area contributed by atoms with Crippen molar-refractivity contribution in [2.45, 2.75) is 38.8 Å². The fourth-order valence-corrected chi connectivity index (χ4v) is 2.69. The number of piperidine rings is 1. The van der Waals surface area contributed by atoms with Crippen LogP contribution in [0.25, 0.3) is 0 Å². The standard InChI is InChI=1S/C16H25N3O2/c1-3-21-15-7-9-19(10-8-15)12(2)16(20)18-14-6-4-5-13(17)11-14/h4-6,11-12,15H,3,7-10,17H2,1-2H3,(H,18,20). The van der Waals surface area contributed by atoms with Gasteiger partial charge in [0.15, 0.2) is 0 Å². The molecule has 5 heteroatoms. The molecule has 1 aliphatic heterocycles. The predicted octanol–water partition coefficient (Wildman–Crippen LogP) is 2.10. The molecule has 0 saturated carbocycles. The maximum atomic E-state index is 12.3. The first-order valence-corrected chi connectivity index (χ1v) is 7.62. The van der Waals surface area contributed by atoms with Crippen molar-refractivity contribution in [3.8, 4) is 0 Å². The minimum absolute atomic E-state index is 0.00969. The lowest BCUT2D eigenvalue weighted by atomic mass is 10.1. The quantitative estimate of drug-likeness (QED) is 0.815. The van der Waals surface area contributed by atoms with Crippen LogP contribution in [0.4, 0.5) is 11.4 Å². The average Bonchev–Trinajstić information content (AvgIpc) is 2.47. The van der Waals surface area contributed by atoms with Gasteiger partial charge in [-0.2, -0.15) is 0 Å². The molecule has 1 heterocycles. The number of nitrogens with two attached hydrogens (primary N) is 1. The van der Waals surface area contributed by atoms with Gasteiger partial charge in [0.2, 0.25) is 5.91 Å². The number of hydrogen-bond donors (Lipinski definition) is 2. The number of anilines is 2. The number of rotatable bonds is 5. The van der Waals surface area contributed by atoms with Crippen LogP contribution in [0.3, 0.4) is 0 Å². The van der Waals surface area contributed by atoms with Crippen LogP contribution in [0.2, 0.25) is 0 Å². The first-order valence-electron chi connectivity index (χ1n) is 7.62. The summed E-state index contributed by atoms with van der Waals surface area (Å²) in [5, 5.41) is 2.92. The second-order valence-corrected chi connectivity index (χ2v) is 5.48. The molecule has 1 atom stereocenters. The Hall–Kier alpha value is -1.59. The number of amides is 1. The summed E-state index contributed by atoms with van der Waals surface area (Å²) in [5.74, 6) is 0.00969. The molecule has 1 aliphatic rings. The lowest BCUT2D eigenvalue weighted by Crippen LogP contribution is -2.47. The number of nitrogens with zero attached hydrogens (tertiary/aromatic N) is 1. The van der Waals surface area contributed by atoms with Gasteiger partial charge < -0.3 is 15.8 Å². The summed E-state index contributed by atoms with van der Waals surface area (Å²) in [6.07, 6.45) is 2.32. The number of benzene rings is 1. The van der Waals surface area contributed by atoms with E-state index < -0.39 is 0 Å². The molecule has 5 nitrogen and oxygen atoms in total. The van der Waals surface area contributed by atoms with Crippen LogP contribution in [-0.4, -0.2) is 42.6 Å². The molecule has 1 amide bonds. The van der Waals surface area contributed by atoms with Crippen molar-refractivity contribution >= 4 is 17.3 Å². The number of ether oxygens (including phenoxy) is 1. The zero-order chi connectivity index (χ0) is 15.2. The van der Waals surface area contributed by atoms with Crippen LogP contribution in [0, 0.1) is 0 Å². The van der Waals surface area contributed by atoms with Crippen molar-refractivity contribution in [2.75, 3.05) is 30.7 Å². The van der Waals surface area contributed by atoms with E-state index in [-0.39, 0.29) is 11.9 Å². The monoisotopic (exact) mass is 291 g/mol. The number of likely N-dealkylation sites (tertiary alicyclic amines) is 1. The molecule has 0 aromatic heterocycles. The van der Waals surface area contributed by atoms with Crippen LogP contribution in [0.1, 0.15) is 26.7 Å². The molecule has 116 valence electrons. The van der Waals surface area contributed by atoms with Crippen LogP contribution < -0.4 is 11.1 Å². The van der Waals surface area contributed by atoms with E-state index in [0.717, 1.165) is 38.2 Å². The van der Waals surface area contributed by atoms with E-state index in [4.69, 9.17) is 10.5 Å². The minimum Gasteiger partial charge on any atom is -0.399 e. The van der Waals surface area contributed by atoms with Crippen LogP contribution in [0.5, 0.6) is 0 Å². The molecule has 1 fully saturated rings. The Morgan fingerprint density at radius 1 is 1.48 bits per heavy atom. The molecular weight excluding hydrogens is 266 g/mol. The van der Waals surface area contributed by atoms with Crippen LogP contribution in [0.15, 0.2) is 24.3 Å². The Labute approximate surface area is 126 Å². The Balaban J connectivity index is 1.85. The molecule has 1 saturated heterocycles. The molecule has 0 spiro atoms. The Morgan fingerprint density at radius 3 is 2.81 bits per heavy atom. The number of nitrogen functional groups attached to an aromatic ring is 1. The summed E-state index contributed by atoms with van der Waals surface area (Å²) in [7, 11) is 0. The molecule has 0 aliphatic carbocycles. The van der Waals surface area contributed by atoms with E-state index in [0.29, 0.717) is 11.8 Å². The minimum atomic E-state index is -0.144. The predicted molar refractivity (Wildman–Crippen MR) is 85.2 cm³/mol. The van der Waals surface area contributed by atoms with Gasteiger partial charge in [0.25, 0.3) is 0 Å². The van der Waals surface area contributed by atoms with E-state index in [1.807, 2.05) is 26.0 Å². The smallest absolute Gasteiger partial charge is 0.241 e. The third-order valence-corrected chi connectivity index (χ3v) is 3.96. The molecule has 21 heavy (non-hydrogen) atoms. The number of carbonyl (C=O) groups is 1. The largest absolute Gasteiger partial charge is 0.399 e. The van der Waals surface area contributed by atoms with Gasteiger partial charge >= 0.3 is 0 Å². The van der Waals surface area contributed by atoms with Gasteiger partial charge in [-0.15, -0.1) is 0 Å². The SMILES string of the molecule is CCOC1CCN(C(C)C(=O)Nc2cccc(N)c2)CC1. The van der Waals surface area contributed by atoms with E-state index in [9.17, 15) is 4.79 Å². The fourth-order valence-electron chi connectivity index (χ4n) is 2.69. The topological polar surface area (TPSA) is 67.6 Å². The van der Waals surface area contributed by atoms with Gasteiger partial charge in [-0.1, -0.05) is 6.07 Å². The maximum Gasteiger partial charge on any atom is 0.241 e. The Bertz CT molecular complexity index is 470. The van der Waals surface area contributed by atoms with Crippen molar-refractivity contribution < 1.29 is 9.53 Å². The third-order valence-electron chi connectivity index (χ3n) is 3.96. The number of hydrogen-bond acceptors (Lipinski definition) is 4. The first kappa shape index (κ1) is 15.8. The molecule has 2 rings (SSSR count). The summed E-state index contributed by atoms with van der Waals surface area (Å²) in [6.45, 7) is 6.53. The Kier molecular flexibility index (Phi) is 5.59. The van der Waals surface area contributed by atoms with E-state index >= 15 is 0 Å². The summed E-state index contributed by atoms with van der Waals surface area (Å²) in [4.78, 5) is 14.5. The zero-order valence-corrected chi connectivity index (χ0v) is 12.8. The number of carbonyl (C=O) groups excluding carboxylic acids is 1. The second kappa shape index (κ2) is 7.43. The highest BCUT2D eigenvalue weighted by molar-refractivity contribution is 5.94. The molecule has 0 bridgehead atoms. The summed E-state index contributed by atoms with van der Waals surface area (Å²) >= 11 is 0. The molecular formula is C16H25N3O2. The van der Waals surface area contributed by atoms with Gasteiger partial charge in [0.05, 0.1) is 12.1 Å². The first-order chi connectivity index (χ1) is 10.1. The highest BCUT2D eigenvalue weighted by Crippen LogP contribution is 2.17. The van der Waals surface area contributed by atoms with Crippen molar-refractivity contribution in [1.29, 1.82) is 0 Å². The van der Waals surface area contributed by atoms with Crippen molar-refractivity contribution in [1.82, 2.24) is 4.90 Å². The summed E-state index contributed by atoms with van der Waals surface area (Å²) in [5.41, 5.74) is 7.12. The maximum absolute atomic E-state index is 12.3. The van der Waals surface area contributed by atoms with Crippen molar-refractivity contribution in [2.24, 2.45) is 0 Å². The fraction of sp³-hybridized carbons (Fsp3) is 0.562. The van der Waals surface area contributed by atoms with Gasteiger partial charge in [-0.05, 0) is 44.9 Å². The molecule has 1 aromatic carbocycles. The molecule has 3 N–H and O–H groups in total. The lowest BCUT2D eigenvalue weighted by Gasteiger charge is -2.35. The van der Waals surface area contributed by atoms with Crippen LogP contribution >= 0.6 is 0 Å². The molecule has 1 unspecified atom stereocenters. The lowest BCUT2D eigenvalue weighted by molar-refractivity contribution is -0.121. The third kappa shape index (κ3) is 4.44. The highest BCUT2D eigenvalue weighted by Gasteiger charge is 2.26. The van der Waals surface area contributed by atoms with Crippen molar-refractivity contribution in [3.63, 3.8) is 0 Å². The van der Waals surface area contributed by atoms with Gasteiger partial charge in [-0.25, -0.2) is 0 Å².